The van der Waals surface area contributed by atoms with Crippen LogP contribution in [0.2, 0.25) is 0 Å². The van der Waals surface area contributed by atoms with E-state index in [9.17, 15) is 4.79 Å². The number of rotatable bonds is 3. The molecular formula is C11H20N2O2. The number of carbonyl (C=O) groups excluding carboxylic acids is 1. The van der Waals surface area contributed by atoms with E-state index in [1.807, 2.05) is 14.1 Å². The van der Waals surface area contributed by atoms with Crippen molar-refractivity contribution >= 4 is 5.91 Å². The zero-order valence-corrected chi connectivity index (χ0v) is 9.61. The van der Waals surface area contributed by atoms with Crippen molar-refractivity contribution < 1.29 is 9.53 Å². The number of likely N-dealkylation sites (tertiary alicyclic amines) is 1. The van der Waals surface area contributed by atoms with Gasteiger partial charge in [-0.1, -0.05) is 6.42 Å². The lowest BCUT2D eigenvalue weighted by molar-refractivity contribution is -0.135. The van der Waals surface area contributed by atoms with Gasteiger partial charge >= 0.3 is 0 Å². The summed E-state index contributed by atoms with van der Waals surface area (Å²) in [4.78, 5) is 16.0. The summed E-state index contributed by atoms with van der Waals surface area (Å²) in [6.07, 6.45) is 3.78. The molecular weight excluding hydrogens is 192 g/mol. The predicted octanol–water partition coefficient (Wildman–Crippen LogP) is 0.328. The average Bonchev–Trinajstić information content (AvgIpc) is 3.01. The predicted molar refractivity (Wildman–Crippen MR) is 57.6 cm³/mol. The summed E-state index contributed by atoms with van der Waals surface area (Å²) in [6.45, 7) is 2.85. The second-order valence-electron chi connectivity index (χ2n) is 4.69. The lowest BCUT2D eigenvalue weighted by Crippen LogP contribution is -2.50. The van der Waals surface area contributed by atoms with Gasteiger partial charge in [-0.2, -0.15) is 0 Å². The minimum Gasteiger partial charge on any atom is -0.372 e. The van der Waals surface area contributed by atoms with Crippen LogP contribution in [0, 0.1) is 0 Å². The molecule has 2 saturated heterocycles. The number of ether oxygens (including phenoxy) is 1. The van der Waals surface area contributed by atoms with Gasteiger partial charge in [-0.05, 0) is 19.4 Å². The maximum Gasteiger partial charge on any atom is 0.239 e. The van der Waals surface area contributed by atoms with E-state index in [0.717, 1.165) is 26.1 Å². The fraction of sp³-hybridized carbons (Fsp3) is 0.909. The third-order valence-electron chi connectivity index (χ3n) is 3.18. The largest absolute Gasteiger partial charge is 0.372 e. The van der Waals surface area contributed by atoms with Gasteiger partial charge in [0.05, 0.1) is 18.8 Å². The molecule has 0 aromatic heterocycles. The molecule has 2 aliphatic rings. The molecule has 1 amide bonds. The topological polar surface area (TPSA) is 36.1 Å². The fourth-order valence-corrected chi connectivity index (χ4v) is 2.22. The molecule has 0 aliphatic carbocycles. The van der Waals surface area contributed by atoms with Crippen LogP contribution in [0.5, 0.6) is 0 Å². The van der Waals surface area contributed by atoms with Crippen molar-refractivity contribution in [3.8, 4) is 0 Å². The molecule has 0 aromatic rings. The molecule has 0 radical (unpaired) electrons. The molecule has 0 N–H and O–H groups in total. The first-order valence-electron chi connectivity index (χ1n) is 5.75. The summed E-state index contributed by atoms with van der Waals surface area (Å²) in [5.74, 6) is 0.246. The second kappa shape index (κ2) is 4.49. The smallest absolute Gasteiger partial charge is 0.239 e. The van der Waals surface area contributed by atoms with E-state index in [-0.39, 0.29) is 11.9 Å². The molecule has 2 unspecified atom stereocenters. The Bertz CT molecular complexity index is 239. The first kappa shape index (κ1) is 10.9. The van der Waals surface area contributed by atoms with Crippen LogP contribution in [0.3, 0.4) is 0 Å². The standard InChI is InChI=1S/C11H20N2O2/c1-12(2)11(14)10-5-3-4-6-13(10)7-9-8-15-9/h9-10H,3-8H2,1-2H3. The molecule has 2 fully saturated rings. The van der Waals surface area contributed by atoms with E-state index in [1.165, 1.54) is 12.8 Å². The molecule has 4 nitrogen and oxygen atoms in total. The summed E-state index contributed by atoms with van der Waals surface area (Å²) in [5.41, 5.74) is 0. The van der Waals surface area contributed by atoms with Crippen molar-refractivity contribution in [2.24, 2.45) is 0 Å². The van der Waals surface area contributed by atoms with Crippen LogP contribution in [0.4, 0.5) is 0 Å². The SMILES string of the molecule is CN(C)C(=O)C1CCCCN1CC1CO1. The van der Waals surface area contributed by atoms with Gasteiger partial charge in [-0.25, -0.2) is 0 Å². The molecule has 2 heterocycles. The van der Waals surface area contributed by atoms with Gasteiger partial charge in [0.2, 0.25) is 5.91 Å². The van der Waals surface area contributed by atoms with Crippen LogP contribution in [0.25, 0.3) is 0 Å². The first-order valence-corrected chi connectivity index (χ1v) is 5.75. The van der Waals surface area contributed by atoms with E-state index in [2.05, 4.69) is 4.90 Å². The number of hydrogen-bond donors (Lipinski definition) is 0. The van der Waals surface area contributed by atoms with Crippen molar-refractivity contribution in [1.82, 2.24) is 9.80 Å². The number of carbonyl (C=O) groups is 1. The number of epoxide rings is 1. The number of amides is 1. The summed E-state index contributed by atoms with van der Waals surface area (Å²) >= 11 is 0. The molecule has 2 rings (SSSR count). The minimum absolute atomic E-state index is 0.0953. The third-order valence-corrected chi connectivity index (χ3v) is 3.18. The summed E-state index contributed by atoms with van der Waals surface area (Å²) in [5, 5.41) is 0. The van der Waals surface area contributed by atoms with Crippen molar-refractivity contribution in [3.05, 3.63) is 0 Å². The van der Waals surface area contributed by atoms with Crippen molar-refractivity contribution in [2.75, 3.05) is 33.8 Å². The van der Waals surface area contributed by atoms with Gasteiger partial charge in [0.25, 0.3) is 0 Å². The monoisotopic (exact) mass is 212 g/mol. The fourth-order valence-electron chi connectivity index (χ4n) is 2.22. The highest BCUT2D eigenvalue weighted by Crippen LogP contribution is 2.21. The molecule has 4 heteroatoms. The van der Waals surface area contributed by atoms with Crippen LogP contribution in [-0.2, 0) is 9.53 Å². The van der Waals surface area contributed by atoms with Crippen molar-refractivity contribution in [3.63, 3.8) is 0 Å². The Kier molecular flexibility index (Phi) is 3.26. The maximum atomic E-state index is 12.0. The van der Waals surface area contributed by atoms with Gasteiger partial charge in [-0.3, -0.25) is 9.69 Å². The molecule has 0 spiro atoms. The molecule has 2 aliphatic heterocycles. The summed E-state index contributed by atoms with van der Waals surface area (Å²) in [7, 11) is 3.67. The Morgan fingerprint density at radius 1 is 1.47 bits per heavy atom. The molecule has 0 aromatic carbocycles. The van der Waals surface area contributed by atoms with E-state index in [4.69, 9.17) is 4.74 Å². The zero-order chi connectivity index (χ0) is 10.8. The lowest BCUT2D eigenvalue weighted by atomic mass is 10.0. The Morgan fingerprint density at radius 2 is 2.20 bits per heavy atom. The normalized spacial score (nSPS) is 31.3. The molecule has 15 heavy (non-hydrogen) atoms. The van der Waals surface area contributed by atoms with Crippen molar-refractivity contribution in [1.29, 1.82) is 0 Å². The van der Waals surface area contributed by atoms with Gasteiger partial charge in [0.1, 0.15) is 0 Å². The van der Waals surface area contributed by atoms with Crippen LogP contribution in [0.1, 0.15) is 19.3 Å². The van der Waals surface area contributed by atoms with Gasteiger partial charge < -0.3 is 9.64 Å². The van der Waals surface area contributed by atoms with Crippen LogP contribution < -0.4 is 0 Å². The third kappa shape index (κ3) is 2.69. The molecule has 0 saturated carbocycles. The first-order chi connectivity index (χ1) is 7.18. The minimum atomic E-state index is 0.0953. The van der Waals surface area contributed by atoms with Crippen molar-refractivity contribution in [2.45, 2.75) is 31.4 Å². The number of nitrogens with zero attached hydrogens (tertiary/aromatic N) is 2. The average molecular weight is 212 g/mol. The van der Waals surface area contributed by atoms with Crippen LogP contribution in [-0.4, -0.2) is 61.6 Å². The van der Waals surface area contributed by atoms with E-state index in [0.29, 0.717) is 6.10 Å². The van der Waals surface area contributed by atoms with E-state index >= 15 is 0 Å². The van der Waals surface area contributed by atoms with Gasteiger partial charge in [0.15, 0.2) is 0 Å². The number of piperidine rings is 1. The van der Waals surface area contributed by atoms with E-state index < -0.39 is 0 Å². The van der Waals surface area contributed by atoms with Crippen LogP contribution >= 0.6 is 0 Å². The second-order valence-corrected chi connectivity index (χ2v) is 4.69. The summed E-state index contributed by atoms with van der Waals surface area (Å²) in [6, 6.07) is 0.0953. The molecule has 2 atom stereocenters. The Morgan fingerprint density at radius 3 is 2.80 bits per heavy atom. The van der Waals surface area contributed by atoms with Gasteiger partial charge in [-0.15, -0.1) is 0 Å². The number of likely N-dealkylation sites (N-methyl/N-ethyl adjacent to an activating group) is 1. The quantitative estimate of drug-likeness (QED) is 0.632. The van der Waals surface area contributed by atoms with Gasteiger partial charge in [0, 0.05) is 20.6 Å². The Balaban J connectivity index is 1.94. The molecule has 0 bridgehead atoms. The Hall–Kier alpha value is -0.610. The number of hydrogen-bond acceptors (Lipinski definition) is 3. The Labute approximate surface area is 91.2 Å². The van der Waals surface area contributed by atoms with Crippen LogP contribution in [0.15, 0.2) is 0 Å². The highest BCUT2D eigenvalue weighted by atomic mass is 16.6. The highest BCUT2D eigenvalue weighted by molar-refractivity contribution is 5.81. The maximum absolute atomic E-state index is 12.0. The summed E-state index contributed by atoms with van der Waals surface area (Å²) < 4.78 is 5.23. The lowest BCUT2D eigenvalue weighted by Gasteiger charge is -2.35. The highest BCUT2D eigenvalue weighted by Gasteiger charge is 2.34. The van der Waals surface area contributed by atoms with E-state index in [1.54, 1.807) is 4.90 Å². The zero-order valence-electron chi connectivity index (χ0n) is 9.61. The molecule has 86 valence electrons.